The first-order valence-corrected chi connectivity index (χ1v) is 10.8. The van der Waals surface area contributed by atoms with Gasteiger partial charge in [-0.1, -0.05) is 43.7 Å². The highest BCUT2D eigenvalue weighted by atomic mass is 16.5. The monoisotopic (exact) mass is 462 g/mol. The van der Waals surface area contributed by atoms with Gasteiger partial charge >= 0.3 is 5.97 Å². The Hall–Kier alpha value is -4.13. The summed E-state index contributed by atoms with van der Waals surface area (Å²) in [6.07, 6.45) is 1.36. The second-order valence-corrected chi connectivity index (χ2v) is 6.93. The highest BCUT2D eigenvalue weighted by Crippen LogP contribution is 2.12. The van der Waals surface area contributed by atoms with E-state index in [0.717, 1.165) is 5.56 Å². The average Bonchev–Trinajstić information content (AvgIpc) is 2.86. The van der Waals surface area contributed by atoms with E-state index in [1.807, 2.05) is 45.0 Å². The van der Waals surface area contributed by atoms with Crippen LogP contribution in [0, 0.1) is 6.92 Å². The second kappa shape index (κ2) is 14.1. The van der Waals surface area contributed by atoms with Crippen LogP contribution in [0.1, 0.15) is 74.8 Å². The molecule has 2 aromatic carbocycles. The summed E-state index contributed by atoms with van der Waals surface area (Å²) in [4.78, 5) is 49.2. The largest absolute Gasteiger partial charge is 0.465 e. The fourth-order valence-corrected chi connectivity index (χ4v) is 2.53. The highest BCUT2D eigenvalue weighted by Gasteiger charge is 2.10. The molecule has 0 bridgehead atoms. The Balaban J connectivity index is 0.000000402. The van der Waals surface area contributed by atoms with Crippen LogP contribution in [0.5, 0.6) is 0 Å². The van der Waals surface area contributed by atoms with E-state index in [0.29, 0.717) is 16.8 Å². The summed E-state index contributed by atoms with van der Waals surface area (Å²) < 4.78 is 4.59. The number of rotatable bonds is 5. The summed E-state index contributed by atoms with van der Waals surface area (Å²) in [5, 5.41) is 2.65. The molecule has 0 aliphatic carbocycles. The summed E-state index contributed by atoms with van der Waals surface area (Å²) in [5.41, 5.74) is 3.52. The van der Waals surface area contributed by atoms with Crippen LogP contribution >= 0.6 is 0 Å². The molecule has 0 unspecified atom stereocenters. The van der Waals surface area contributed by atoms with Gasteiger partial charge in [0.15, 0.2) is 11.6 Å². The van der Waals surface area contributed by atoms with E-state index in [4.69, 9.17) is 0 Å². The number of benzene rings is 2. The number of ether oxygens (including phenoxy) is 1. The lowest BCUT2D eigenvalue weighted by Crippen LogP contribution is -2.14. The Kier molecular flexibility index (Phi) is 11.6. The standard InChI is InChI=1S/C16H14N2O4.C9H10O.C2H6/c1-10(19)12-5-8-14(17-9-12)15(20)18-13-6-3-11(4-7-13)16(21)22-2;1-7-3-5-9(6-4-7)8(2)10;1-2/h3-9H,1-2H3,(H,18,20);3-6H,1-2H3;1-2H3. The van der Waals surface area contributed by atoms with E-state index in [2.05, 4.69) is 15.0 Å². The highest BCUT2D eigenvalue weighted by molar-refractivity contribution is 6.03. The number of nitrogens with one attached hydrogen (secondary N) is 1. The molecule has 3 rings (SSSR count). The number of methoxy groups -OCH3 is 1. The SMILES string of the molecule is CC.CC(=O)c1ccc(C)cc1.COC(=O)c1ccc(NC(=O)c2ccc(C(C)=O)cn2)cc1. The maximum absolute atomic E-state index is 12.0. The Morgan fingerprint density at radius 3 is 1.68 bits per heavy atom. The van der Waals surface area contributed by atoms with Gasteiger partial charge < -0.3 is 10.1 Å². The third-order valence-electron chi connectivity index (χ3n) is 4.42. The van der Waals surface area contributed by atoms with Crippen molar-refractivity contribution in [3.05, 3.63) is 94.8 Å². The van der Waals surface area contributed by atoms with Crippen molar-refractivity contribution in [1.82, 2.24) is 4.98 Å². The lowest BCUT2D eigenvalue weighted by Gasteiger charge is -2.06. The number of hydrogen-bond acceptors (Lipinski definition) is 6. The number of nitrogens with zero attached hydrogens (tertiary/aromatic N) is 1. The van der Waals surface area contributed by atoms with Crippen LogP contribution in [-0.4, -0.2) is 35.5 Å². The van der Waals surface area contributed by atoms with Crippen LogP contribution in [0.3, 0.4) is 0 Å². The molecule has 0 spiro atoms. The molecule has 1 amide bonds. The summed E-state index contributed by atoms with van der Waals surface area (Å²) in [6, 6.07) is 16.9. The van der Waals surface area contributed by atoms with Crippen LogP contribution in [0.4, 0.5) is 5.69 Å². The lowest BCUT2D eigenvalue weighted by atomic mass is 10.1. The molecular weight excluding hydrogens is 432 g/mol. The van der Waals surface area contributed by atoms with Gasteiger partial charge in [-0.15, -0.1) is 0 Å². The van der Waals surface area contributed by atoms with Crippen LogP contribution in [-0.2, 0) is 4.74 Å². The first-order valence-electron chi connectivity index (χ1n) is 10.8. The average molecular weight is 463 g/mol. The smallest absolute Gasteiger partial charge is 0.337 e. The fraction of sp³-hybridized carbons (Fsp3) is 0.222. The van der Waals surface area contributed by atoms with Crippen molar-refractivity contribution in [2.24, 2.45) is 0 Å². The van der Waals surface area contributed by atoms with Crippen molar-refractivity contribution >= 4 is 29.1 Å². The zero-order chi connectivity index (χ0) is 25.7. The van der Waals surface area contributed by atoms with Crippen LogP contribution in [0.2, 0.25) is 0 Å². The van der Waals surface area contributed by atoms with Gasteiger partial charge in [-0.25, -0.2) is 4.79 Å². The molecular formula is C27H30N2O5. The van der Waals surface area contributed by atoms with Crippen molar-refractivity contribution < 1.29 is 23.9 Å². The van der Waals surface area contributed by atoms with E-state index < -0.39 is 11.9 Å². The topological polar surface area (TPSA) is 102 Å². The van der Waals surface area contributed by atoms with Crippen molar-refractivity contribution in [3.8, 4) is 0 Å². The number of aryl methyl sites for hydroxylation is 1. The van der Waals surface area contributed by atoms with Crippen LogP contribution in [0.25, 0.3) is 0 Å². The number of carbonyl (C=O) groups is 4. The Morgan fingerprint density at radius 2 is 1.24 bits per heavy atom. The van der Waals surface area contributed by atoms with E-state index in [9.17, 15) is 19.2 Å². The van der Waals surface area contributed by atoms with Crippen molar-refractivity contribution in [2.45, 2.75) is 34.6 Å². The van der Waals surface area contributed by atoms with Gasteiger partial charge in [0.25, 0.3) is 5.91 Å². The maximum atomic E-state index is 12.0. The summed E-state index contributed by atoms with van der Waals surface area (Å²) in [7, 11) is 1.30. The molecule has 0 aliphatic heterocycles. The van der Waals surface area contributed by atoms with Crippen LogP contribution < -0.4 is 5.32 Å². The van der Waals surface area contributed by atoms with Crippen LogP contribution in [0.15, 0.2) is 66.9 Å². The molecule has 1 heterocycles. The third kappa shape index (κ3) is 8.78. The number of ketones is 2. The van der Waals surface area contributed by atoms with Crippen molar-refractivity contribution in [1.29, 1.82) is 0 Å². The molecule has 34 heavy (non-hydrogen) atoms. The second-order valence-electron chi connectivity index (χ2n) is 6.93. The van der Waals surface area contributed by atoms with E-state index >= 15 is 0 Å². The van der Waals surface area contributed by atoms with Gasteiger partial charge in [0.05, 0.1) is 12.7 Å². The molecule has 0 saturated carbocycles. The molecule has 0 saturated heterocycles. The zero-order valence-corrected chi connectivity index (χ0v) is 20.3. The number of hydrogen-bond donors (Lipinski definition) is 1. The Morgan fingerprint density at radius 1 is 0.735 bits per heavy atom. The predicted octanol–water partition coefficient (Wildman–Crippen LogP) is 5.55. The summed E-state index contributed by atoms with van der Waals surface area (Å²) in [5.74, 6) is -0.835. The van der Waals surface area contributed by atoms with E-state index in [1.54, 1.807) is 37.3 Å². The van der Waals surface area contributed by atoms with Gasteiger partial charge in [-0.2, -0.15) is 0 Å². The number of pyridine rings is 1. The number of aromatic nitrogens is 1. The maximum Gasteiger partial charge on any atom is 0.337 e. The summed E-state index contributed by atoms with van der Waals surface area (Å²) >= 11 is 0. The molecule has 0 radical (unpaired) electrons. The number of anilines is 1. The molecule has 1 N–H and O–H groups in total. The minimum atomic E-state index is -0.445. The lowest BCUT2D eigenvalue weighted by molar-refractivity contribution is 0.0600. The molecule has 0 aliphatic rings. The van der Waals surface area contributed by atoms with E-state index in [1.165, 1.54) is 31.9 Å². The molecule has 3 aromatic rings. The fourth-order valence-electron chi connectivity index (χ4n) is 2.53. The molecule has 0 fully saturated rings. The predicted molar refractivity (Wildman–Crippen MR) is 133 cm³/mol. The number of Topliss-reactive ketones (excluding diaryl/α,β-unsaturated/α-hetero) is 2. The number of esters is 1. The van der Waals surface area contributed by atoms with Gasteiger partial charge in [0.1, 0.15) is 5.69 Å². The quantitative estimate of drug-likeness (QED) is 0.394. The molecule has 0 atom stereocenters. The Bertz CT molecular complexity index is 1100. The van der Waals surface area contributed by atoms with E-state index in [-0.39, 0.29) is 17.3 Å². The first-order chi connectivity index (χ1) is 16.2. The zero-order valence-electron chi connectivity index (χ0n) is 20.3. The van der Waals surface area contributed by atoms with Gasteiger partial charge in [0.2, 0.25) is 0 Å². The molecule has 178 valence electrons. The third-order valence-corrected chi connectivity index (χ3v) is 4.42. The first kappa shape index (κ1) is 27.9. The minimum absolute atomic E-state index is 0.113. The van der Waals surface area contributed by atoms with Gasteiger partial charge in [-0.05, 0) is 57.2 Å². The van der Waals surface area contributed by atoms with Crippen molar-refractivity contribution in [3.63, 3.8) is 0 Å². The normalized spacial score (nSPS) is 9.35. The minimum Gasteiger partial charge on any atom is -0.465 e. The number of carbonyl (C=O) groups excluding carboxylic acids is 4. The molecule has 1 aromatic heterocycles. The van der Waals surface area contributed by atoms with Crippen molar-refractivity contribution in [2.75, 3.05) is 12.4 Å². The van der Waals surface area contributed by atoms with Gasteiger partial charge in [-0.3, -0.25) is 19.4 Å². The number of amides is 1. The van der Waals surface area contributed by atoms with Gasteiger partial charge in [0, 0.05) is 23.0 Å². The Labute approximate surface area is 200 Å². The molecule has 7 nitrogen and oxygen atoms in total. The molecule has 7 heteroatoms. The summed E-state index contributed by atoms with van der Waals surface area (Å²) in [6.45, 7) is 9.01.